The fourth-order valence-electron chi connectivity index (χ4n) is 4.55. The molecular weight excluding hydrogens is 494 g/mol. The molecule has 1 aliphatic heterocycles. The lowest BCUT2D eigenvalue weighted by Gasteiger charge is -2.28. The maximum absolute atomic E-state index is 12.4. The molecule has 1 saturated heterocycles. The number of anilines is 2. The molecule has 0 unspecified atom stereocenters. The Kier molecular flexibility index (Phi) is 7.15. The highest BCUT2D eigenvalue weighted by Gasteiger charge is 2.41. The van der Waals surface area contributed by atoms with Gasteiger partial charge in [-0.1, -0.05) is 24.3 Å². The molecule has 5 rings (SSSR count). The first-order chi connectivity index (χ1) is 18.3. The van der Waals surface area contributed by atoms with Crippen LogP contribution in [0, 0.1) is 0 Å². The lowest BCUT2D eigenvalue weighted by atomic mass is 9.98. The normalized spacial score (nSPS) is 17.2. The summed E-state index contributed by atoms with van der Waals surface area (Å²) in [4.78, 5) is 19.2. The van der Waals surface area contributed by atoms with Crippen LogP contribution < -0.4 is 20.3 Å². The Labute approximate surface area is 228 Å². The minimum atomic E-state index is -0.225. The van der Waals surface area contributed by atoms with E-state index in [1.165, 1.54) is 0 Å². The second kappa shape index (κ2) is 10.7. The van der Waals surface area contributed by atoms with Gasteiger partial charge >= 0.3 is 0 Å². The average Bonchev–Trinajstić information content (AvgIpc) is 3.54. The molecule has 4 aromatic rings. The molecule has 2 aromatic heterocycles. The van der Waals surface area contributed by atoms with E-state index in [9.17, 15) is 4.79 Å². The maximum Gasteiger partial charge on any atom is 0.262 e. The molecule has 38 heavy (non-hydrogen) atoms. The van der Waals surface area contributed by atoms with Gasteiger partial charge in [-0.25, -0.2) is 0 Å². The van der Waals surface area contributed by atoms with E-state index >= 15 is 0 Å². The van der Waals surface area contributed by atoms with Crippen molar-refractivity contribution in [3.63, 3.8) is 0 Å². The largest absolute Gasteiger partial charge is 0.484 e. The summed E-state index contributed by atoms with van der Waals surface area (Å²) >= 11 is 5.83. The average molecular weight is 526 g/mol. The van der Waals surface area contributed by atoms with E-state index in [0.29, 0.717) is 16.5 Å². The summed E-state index contributed by atoms with van der Waals surface area (Å²) in [5, 5.41) is 7.02. The van der Waals surface area contributed by atoms with Gasteiger partial charge in [-0.15, -0.1) is 0 Å². The Morgan fingerprint density at radius 1 is 1.03 bits per heavy atom. The van der Waals surface area contributed by atoms with Gasteiger partial charge in [0.1, 0.15) is 5.75 Å². The molecule has 0 aliphatic carbocycles. The molecule has 2 atom stereocenters. The van der Waals surface area contributed by atoms with Crippen molar-refractivity contribution in [2.24, 2.45) is 0 Å². The van der Waals surface area contributed by atoms with Crippen LogP contribution in [-0.2, 0) is 10.3 Å². The molecule has 7 nitrogen and oxygen atoms in total. The highest BCUT2D eigenvalue weighted by atomic mass is 32.1. The lowest BCUT2D eigenvalue weighted by molar-refractivity contribution is -0.118. The number of ether oxygens (including phenoxy) is 1. The number of para-hydroxylation sites is 1. The number of thiocarbonyl (C=S) groups is 1. The van der Waals surface area contributed by atoms with Gasteiger partial charge in [-0.2, -0.15) is 0 Å². The van der Waals surface area contributed by atoms with Crippen molar-refractivity contribution in [3.8, 4) is 5.75 Å². The van der Waals surface area contributed by atoms with Crippen LogP contribution in [0.2, 0.25) is 0 Å². The second-order valence-electron chi connectivity index (χ2n) is 10.2. The fraction of sp³-hybridized carbons (Fsp3) is 0.233. The summed E-state index contributed by atoms with van der Waals surface area (Å²) in [6, 6.07) is 24.8. The van der Waals surface area contributed by atoms with E-state index in [2.05, 4.69) is 64.3 Å². The van der Waals surface area contributed by atoms with Crippen LogP contribution in [0.15, 0.2) is 97.5 Å². The zero-order valence-electron chi connectivity index (χ0n) is 21.7. The zero-order chi connectivity index (χ0) is 26.7. The molecule has 1 fully saturated rings. The van der Waals surface area contributed by atoms with Crippen molar-refractivity contribution in [3.05, 3.63) is 109 Å². The number of benzene rings is 2. The van der Waals surface area contributed by atoms with Gasteiger partial charge in [0, 0.05) is 35.5 Å². The monoisotopic (exact) mass is 525 g/mol. The van der Waals surface area contributed by atoms with Gasteiger partial charge in [0.05, 0.1) is 17.8 Å². The third kappa shape index (κ3) is 5.55. The second-order valence-corrected chi connectivity index (χ2v) is 10.6. The van der Waals surface area contributed by atoms with E-state index in [0.717, 1.165) is 16.9 Å². The minimum Gasteiger partial charge on any atom is -0.484 e. The number of hydrogen-bond acceptors (Lipinski definition) is 4. The topological polar surface area (TPSA) is 71.4 Å². The number of nitrogens with zero attached hydrogens (tertiary/aromatic N) is 3. The van der Waals surface area contributed by atoms with Crippen LogP contribution in [0.3, 0.4) is 0 Å². The molecule has 1 amide bonds. The maximum atomic E-state index is 12.4. The summed E-state index contributed by atoms with van der Waals surface area (Å²) in [5.41, 5.74) is 3.63. The smallest absolute Gasteiger partial charge is 0.262 e. The van der Waals surface area contributed by atoms with Crippen LogP contribution in [0.5, 0.6) is 5.75 Å². The Morgan fingerprint density at radius 3 is 2.42 bits per heavy atom. The summed E-state index contributed by atoms with van der Waals surface area (Å²) in [5.74, 6) is 0.429. The molecule has 8 heteroatoms. The number of rotatable bonds is 7. The fourth-order valence-corrected chi connectivity index (χ4v) is 4.89. The summed E-state index contributed by atoms with van der Waals surface area (Å²) < 4.78 is 7.76. The molecule has 2 N–H and O–H groups in total. The van der Waals surface area contributed by atoms with Crippen molar-refractivity contribution in [1.29, 1.82) is 0 Å². The number of amides is 1. The number of aromatic nitrogens is 2. The number of hydrogen-bond donors (Lipinski definition) is 2. The molecule has 0 bridgehead atoms. The molecular formula is C30H31N5O2S. The molecule has 0 spiro atoms. The van der Waals surface area contributed by atoms with Crippen LogP contribution in [0.25, 0.3) is 0 Å². The molecule has 0 saturated carbocycles. The first kappa shape index (κ1) is 25.5. The van der Waals surface area contributed by atoms with Gasteiger partial charge in [0.25, 0.3) is 5.91 Å². The third-order valence-electron chi connectivity index (χ3n) is 6.47. The van der Waals surface area contributed by atoms with Crippen LogP contribution in [0.1, 0.15) is 44.1 Å². The molecule has 0 radical (unpaired) electrons. The standard InChI is InChI=1S/C30H31N5O2S/c1-30(2,3)34-18-16-21(19-34)28-27(25-11-7-8-17-31-25)33-29(38)35(28)23-14-12-22(13-15-23)32-26(36)20-37-24-9-5-4-6-10-24/h4-19,27-28H,20H2,1-3H3,(H,32,36)(H,33,38)/t27-,28-/m0/s1. The van der Waals surface area contributed by atoms with E-state index in [1.54, 1.807) is 6.20 Å². The third-order valence-corrected chi connectivity index (χ3v) is 6.79. The Balaban J connectivity index is 1.37. The Morgan fingerprint density at radius 2 is 1.76 bits per heavy atom. The van der Waals surface area contributed by atoms with Crippen molar-refractivity contribution < 1.29 is 9.53 Å². The highest BCUT2D eigenvalue weighted by Crippen LogP contribution is 2.42. The van der Waals surface area contributed by atoms with E-state index in [1.807, 2.05) is 72.8 Å². The van der Waals surface area contributed by atoms with Crippen LogP contribution >= 0.6 is 12.2 Å². The Hall–Kier alpha value is -4.17. The van der Waals surface area contributed by atoms with Crippen LogP contribution in [0.4, 0.5) is 11.4 Å². The van der Waals surface area contributed by atoms with Crippen molar-refractivity contribution in [1.82, 2.24) is 14.9 Å². The minimum absolute atomic E-state index is 0.0415. The van der Waals surface area contributed by atoms with Gasteiger partial charge in [0.2, 0.25) is 0 Å². The van der Waals surface area contributed by atoms with E-state index in [-0.39, 0.29) is 30.1 Å². The SMILES string of the molecule is CC(C)(C)n1ccc([C@H]2[C@H](c3ccccn3)NC(=S)N2c2ccc(NC(=O)COc3ccccc3)cc2)c1. The molecule has 2 aromatic carbocycles. The quantitative estimate of drug-likeness (QED) is 0.296. The molecule has 194 valence electrons. The van der Waals surface area contributed by atoms with Gasteiger partial charge in [0.15, 0.2) is 11.7 Å². The predicted octanol–water partition coefficient (Wildman–Crippen LogP) is 5.83. The number of pyridine rings is 1. The summed E-state index contributed by atoms with van der Waals surface area (Å²) in [6.45, 7) is 6.48. The first-order valence-electron chi connectivity index (χ1n) is 12.6. The van der Waals surface area contributed by atoms with Crippen molar-refractivity contribution >= 4 is 34.6 Å². The number of carbonyl (C=O) groups is 1. The van der Waals surface area contributed by atoms with Gasteiger partial charge in [-0.05, 0) is 93.1 Å². The zero-order valence-corrected chi connectivity index (χ0v) is 22.5. The first-order valence-corrected chi connectivity index (χ1v) is 13.0. The number of nitrogens with one attached hydrogen (secondary N) is 2. The predicted molar refractivity (Wildman–Crippen MR) is 154 cm³/mol. The number of carbonyl (C=O) groups excluding carboxylic acids is 1. The van der Waals surface area contributed by atoms with Gasteiger partial charge < -0.3 is 24.8 Å². The van der Waals surface area contributed by atoms with Crippen molar-refractivity contribution in [2.75, 3.05) is 16.8 Å². The lowest BCUT2D eigenvalue weighted by Crippen LogP contribution is -2.29. The summed E-state index contributed by atoms with van der Waals surface area (Å²) in [7, 11) is 0. The van der Waals surface area contributed by atoms with E-state index in [4.69, 9.17) is 17.0 Å². The van der Waals surface area contributed by atoms with E-state index < -0.39 is 0 Å². The van der Waals surface area contributed by atoms with Gasteiger partial charge in [-0.3, -0.25) is 9.78 Å². The Bertz CT molecular complexity index is 1400. The highest BCUT2D eigenvalue weighted by molar-refractivity contribution is 7.80. The summed E-state index contributed by atoms with van der Waals surface area (Å²) in [6.07, 6.45) is 6.10. The molecule has 3 heterocycles. The van der Waals surface area contributed by atoms with Crippen molar-refractivity contribution in [2.45, 2.75) is 38.4 Å². The molecule has 1 aliphatic rings. The van der Waals surface area contributed by atoms with Crippen LogP contribution in [-0.4, -0.2) is 27.2 Å².